The second kappa shape index (κ2) is 12.8. The van der Waals surface area contributed by atoms with Crippen LogP contribution < -0.4 is 0 Å². The maximum Gasteiger partial charge on any atom is 0.167 e. The van der Waals surface area contributed by atoms with Crippen LogP contribution in [-0.2, 0) is 0 Å². The lowest BCUT2D eigenvalue weighted by molar-refractivity contribution is 0.669. The largest absolute Gasteiger partial charge is 0.456 e. The van der Waals surface area contributed by atoms with Crippen LogP contribution in [0.25, 0.3) is 122 Å². The van der Waals surface area contributed by atoms with Gasteiger partial charge in [-0.1, -0.05) is 146 Å². The molecule has 58 heavy (non-hydrogen) atoms. The molecule has 0 atom stereocenters. The molecule has 5 heteroatoms. The molecule has 0 aliphatic carbocycles. The van der Waals surface area contributed by atoms with Crippen LogP contribution in [0.1, 0.15) is 0 Å². The SMILES string of the molecule is c1ccc(-c2nc(-c3cccc(-c4cccc5oc6ccc(-c7ccc8c(ccc9ccccc98)c7)cc6c45)c3)nc(-c3cccc4c3oc3ccccc34)n2)cc1. The summed E-state index contributed by atoms with van der Waals surface area (Å²) >= 11 is 0. The van der Waals surface area contributed by atoms with Gasteiger partial charge in [0.1, 0.15) is 22.3 Å². The molecule has 0 radical (unpaired) electrons. The lowest BCUT2D eigenvalue weighted by Crippen LogP contribution is -2.00. The van der Waals surface area contributed by atoms with Crippen molar-refractivity contribution < 1.29 is 8.83 Å². The second-order valence-electron chi connectivity index (χ2n) is 14.7. The van der Waals surface area contributed by atoms with Gasteiger partial charge < -0.3 is 8.83 Å². The standard InChI is InChI=1S/C53H31N3O2/c1-2-12-33(13-3-1)51-54-52(56-53(55-51)44-20-9-19-43-42-17-6-7-21-46(42)58-50(43)44)38-15-8-14-36(30-38)41-18-10-22-48-49(41)45-31-35(26-28-47(45)57-48)34-25-27-40-37(29-34)24-23-32-11-4-5-16-39(32)40/h1-31H. The number of para-hydroxylation sites is 2. The highest BCUT2D eigenvalue weighted by molar-refractivity contribution is 6.14. The van der Waals surface area contributed by atoms with Gasteiger partial charge in [0.2, 0.25) is 0 Å². The minimum Gasteiger partial charge on any atom is -0.456 e. The van der Waals surface area contributed by atoms with E-state index in [2.05, 4.69) is 121 Å². The predicted molar refractivity (Wildman–Crippen MR) is 237 cm³/mol. The highest BCUT2D eigenvalue weighted by Crippen LogP contribution is 2.41. The first-order valence-corrected chi connectivity index (χ1v) is 19.4. The molecule has 0 amide bonds. The molecule has 0 saturated heterocycles. The Kier molecular flexibility index (Phi) is 7.16. The zero-order valence-electron chi connectivity index (χ0n) is 31.1. The smallest absolute Gasteiger partial charge is 0.167 e. The van der Waals surface area contributed by atoms with Crippen LogP contribution in [0.4, 0.5) is 0 Å². The van der Waals surface area contributed by atoms with Gasteiger partial charge in [0.05, 0.1) is 5.56 Å². The number of nitrogens with zero attached hydrogens (tertiary/aromatic N) is 3. The van der Waals surface area contributed by atoms with Gasteiger partial charge in [0, 0.05) is 32.7 Å². The second-order valence-corrected chi connectivity index (χ2v) is 14.7. The summed E-state index contributed by atoms with van der Waals surface area (Å²) < 4.78 is 12.9. The molecular formula is C53H31N3O2. The number of furan rings is 2. The maximum atomic E-state index is 6.48. The fraction of sp³-hybridized carbons (Fsp3) is 0. The Balaban J connectivity index is 0.996. The molecule has 0 unspecified atom stereocenters. The molecule has 0 bridgehead atoms. The summed E-state index contributed by atoms with van der Waals surface area (Å²) in [7, 11) is 0. The predicted octanol–water partition coefficient (Wildman–Crippen LogP) is 14.3. The van der Waals surface area contributed by atoms with Crippen molar-refractivity contribution in [2.45, 2.75) is 0 Å². The van der Waals surface area contributed by atoms with E-state index >= 15 is 0 Å². The van der Waals surface area contributed by atoms with Gasteiger partial charge in [0.25, 0.3) is 0 Å². The third-order valence-corrected chi connectivity index (χ3v) is 11.3. The van der Waals surface area contributed by atoms with Crippen LogP contribution in [0.15, 0.2) is 197 Å². The zero-order chi connectivity index (χ0) is 38.2. The summed E-state index contributed by atoms with van der Waals surface area (Å²) in [6, 6.07) is 65.3. The van der Waals surface area contributed by atoms with Gasteiger partial charge in [-0.15, -0.1) is 0 Å². The molecule has 0 spiro atoms. The average Bonchev–Trinajstić information content (AvgIpc) is 3.87. The molecule has 9 aromatic carbocycles. The summed E-state index contributed by atoms with van der Waals surface area (Å²) in [6.45, 7) is 0. The average molecular weight is 742 g/mol. The van der Waals surface area contributed by atoms with E-state index in [1.807, 2.05) is 66.7 Å². The monoisotopic (exact) mass is 741 g/mol. The van der Waals surface area contributed by atoms with Gasteiger partial charge >= 0.3 is 0 Å². The van der Waals surface area contributed by atoms with Gasteiger partial charge in [0.15, 0.2) is 17.5 Å². The Labute approximate surface area is 332 Å². The number of aromatic nitrogens is 3. The third-order valence-electron chi connectivity index (χ3n) is 11.3. The molecule has 0 aliphatic heterocycles. The first-order valence-electron chi connectivity index (χ1n) is 19.4. The molecule has 12 rings (SSSR count). The van der Waals surface area contributed by atoms with Crippen molar-refractivity contribution in [3.8, 4) is 56.4 Å². The van der Waals surface area contributed by atoms with Gasteiger partial charge in [-0.3, -0.25) is 0 Å². The van der Waals surface area contributed by atoms with Crippen LogP contribution in [0.2, 0.25) is 0 Å². The number of rotatable bonds is 5. The summed E-state index contributed by atoms with van der Waals surface area (Å²) in [5.74, 6) is 1.72. The highest BCUT2D eigenvalue weighted by Gasteiger charge is 2.19. The maximum absolute atomic E-state index is 6.48. The summed E-state index contributed by atoms with van der Waals surface area (Å²) in [4.78, 5) is 15.2. The lowest BCUT2D eigenvalue weighted by Gasteiger charge is -2.10. The van der Waals surface area contributed by atoms with Crippen molar-refractivity contribution in [2.75, 3.05) is 0 Å². The molecule has 270 valence electrons. The molecule has 5 nitrogen and oxygen atoms in total. The minimum absolute atomic E-state index is 0.552. The molecule has 12 aromatic rings. The quantitative estimate of drug-likeness (QED) is 0.164. The topological polar surface area (TPSA) is 65.0 Å². The number of benzene rings is 9. The van der Waals surface area contributed by atoms with Gasteiger partial charge in [-0.2, -0.15) is 0 Å². The fourth-order valence-electron chi connectivity index (χ4n) is 8.53. The van der Waals surface area contributed by atoms with Crippen molar-refractivity contribution in [1.29, 1.82) is 0 Å². The molecule has 0 N–H and O–H groups in total. The Morgan fingerprint density at radius 2 is 0.914 bits per heavy atom. The Morgan fingerprint density at radius 1 is 0.293 bits per heavy atom. The van der Waals surface area contributed by atoms with E-state index < -0.39 is 0 Å². The van der Waals surface area contributed by atoms with E-state index in [1.54, 1.807) is 0 Å². The number of hydrogen-bond acceptors (Lipinski definition) is 5. The van der Waals surface area contributed by atoms with E-state index in [9.17, 15) is 0 Å². The minimum atomic E-state index is 0.552. The Bertz CT molecular complexity index is 3580. The molecule has 0 saturated carbocycles. The van der Waals surface area contributed by atoms with Crippen molar-refractivity contribution in [1.82, 2.24) is 15.0 Å². The van der Waals surface area contributed by atoms with E-state index in [1.165, 1.54) is 21.5 Å². The number of hydrogen-bond donors (Lipinski definition) is 0. The normalized spacial score (nSPS) is 11.8. The molecular weight excluding hydrogens is 711 g/mol. The number of fused-ring (bicyclic) bond motifs is 9. The van der Waals surface area contributed by atoms with E-state index in [-0.39, 0.29) is 0 Å². The van der Waals surface area contributed by atoms with Crippen molar-refractivity contribution >= 4 is 65.4 Å². The van der Waals surface area contributed by atoms with Crippen LogP contribution in [0.3, 0.4) is 0 Å². The Hall–Kier alpha value is -7.89. The van der Waals surface area contributed by atoms with Crippen molar-refractivity contribution in [3.63, 3.8) is 0 Å². The van der Waals surface area contributed by atoms with Gasteiger partial charge in [-0.05, 0) is 86.3 Å². The van der Waals surface area contributed by atoms with E-state index in [0.29, 0.717) is 17.5 Å². The Morgan fingerprint density at radius 3 is 1.84 bits per heavy atom. The lowest BCUT2D eigenvalue weighted by atomic mass is 9.95. The summed E-state index contributed by atoms with van der Waals surface area (Å²) in [6.07, 6.45) is 0. The summed E-state index contributed by atoms with van der Waals surface area (Å²) in [5.41, 5.74) is 10.3. The fourth-order valence-corrected chi connectivity index (χ4v) is 8.53. The summed E-state index contributed by atoms with van der Waals surface area (Å²) in [5, 5.41) is 9.21. The molecule has 3 heterocycles. The van der Waals surface area contributed by atoms with Crippen LogP contribution in [0.5, 0.6) is 0 Å². The highest BCUT2D eigenvalue weighted by atomic mass is 16.3. The van der Waals surface area contributed by atoms with Gasteiger partial charge in [-0.25, -0.2) is 15.0 Å². The third kappa shape index (κ3) is 5.21. The van der Waals surface area contributed by atoms with E-state index in [0.717, 1.165) is 82.8 Å². The van der Waals surface area contributed by atoms with Crippen LogP contribution in [-0.4, -0.2) is 15.0 Å². The van der Waals surface area contributed by atoms with Crippen LogP contribution >= 0.6 is 0 Å². The molecule has 3 aromatic heterocycles. The molecule has 0 fully saturated rings. The molecule has 0 aliphatic rings. The van der Waals surface area contributed by atoms with E-state index in [4.69, 9.17) is 23.8 Å². The first kappa shape index (κ1) is 32.4. The van der Waals surface area contributed by atoms with Crippen molar-refractivity contribution in [2.24, 2.45) is 0 Å². The van der Waals surface area contributed by atoms with Crippen molar-refractivity contribution in [3.05, 3.63) is 188 Å². The zero-order valence-corrected chi connectivity index (χ0v) is 31.1. The first-order chi connectivity index (χ1) is 28.7. The van der Waals surface area contributed by atoms with Crippen LogP contribution in [0, 0.1) is 0 Å².